The van der Waals surface area contributed by atoms with E-state index in [1.54, 1.807) is 0 Å². The Hall–Kier alpha value is -1.63. The third-order valence-electron chi connectivity index (χ3n) is 2.05. The largest absolute Gasteiger partial charge is 0.324 e. The highest BCUT2D eigenvalue weighted by molar-refractivity contribution is 5.42. The number of nitro groups is 1. The first-order chi connectivity index (χ1) is 7.34. The summed E-state index contributed by atoms with van der Waals surface area (Å²) in [4.78, 5) is 9.60. The average Bonchev–Trinajstić information content (AvgIpc) is 2.16. The molecule has 1 atom stereocenters. The molecule has 0 radical (unpaired) electrons. The van der Waals surface area contributed by atoms with E-state index < -0.39 is 34.5 Å². The Morgan fingerprint density at radius 1 is 1.38 bits per heavy atom. The molecule has 1 aromatic carbocycles. The van der Waals surface area contributed by atoms with E-state index in [1.165, 1.54) is 6.92 Å². The Balaban J connectivity index is 3.45. The molecule has 0 spiro atoms. The fourth-order valence-electron chi connectivity index (χ4n) is 1.25. The molecule has 0 amide bonds. The number of nitrogens with zero attached hydrogens (tertiary/aromatic N) is 1. The van der Waals surface area contributed by atoms with Crippen molar-refractivity contribution in [1.29, 1.82) is 0 Å². The second-order valence-electron chi connectivity index (χ2n) is 3.28. The Bertz CT molecular complexity index is 392. The smallest absolute Gasteiger partial charge is 0.270 e. The molecule has 2 N–H and O–H groups in total. The van der Waals surface area contributed by atoms with Gasteiger partial charge in [-0.3, -0.25) is 10.1 Å². The topological polar surface area (TPSA) is 69.2 Å². The van der Waals surface area contributed by atoms with Crippen LogP contribution in [0.15, 0.2) is 12.1 Å². The first-order valence-electron chi connectivity index (χ1n) is 4.36. The number of benzene rings is 1. The monoisotopic (exact) mass is 234 g/mol. The number of non-ortho nitro benzene ring substituents is 1. The van der Waals surface area contributed by atoms with Gasteiger partial charge in [0.2, 0.25) is 0 Å². The highest BCUT2D eigenvalue weighted by Gasteiger charge is 2.23. The van der Waals surface area contributed by atoms with Crippen molar-refractivity contribution in [2.45, 2.75) is 19.4 Å². The summed E-state index contributed by atoms with van der Waals surface area (Å²) in [5, 5.41) is 10.5. The third kappa shape index (κ3) is 2.30. The molecule has 0 aliphatic carbocycles. The van der Waals surface area contributed by atoms with Crippen molar-refractivity contribution in [2.75, 3.05) is 0 Å². The van der Waals surface area contributed by atoms with Crippen molar-refractivity contribution in [3.63, 3.8) is 0 Å². The minimum absolute atomic E-state index is 0.287. The Morgan fingerprint density at radius 3 is 2.25 bits per heavy atom. The van der Waals surface area contributed by atoms with Gasteiger partial charge in [-0.15, -0.1) is 0 Å². The van der Waals surface area contributed by atoms with Gasteiger partial charge in [0.1, 0.15) is 5.82 Å². The van der Waals surface area contributed by atoms with Crippen LogP contribution in [0, 0.1) is 15.9 Å². The van der Waals surface area contributed by atoms with Crippen molar-refractivity contribution in [3.8, 4) is 0 Å². The van der Waals surface area contributed by atoms with Crippen LogP contribution in [0.1, 0.15) is 30.5 Å². The van der Waals surface area contributed by atoms with E-state index in [0.29, 0.717) is 6.07 Å². The van der Waals surface area contributed by atoms with Crippen LogP contribution in [0.2, 0.25) is 0 Å². The van der Waals surface area contributed by atoms with Gasteiger partial charge in [0.25, 0.3) is 12.1 Å². The second-order valence-corrected chi connectivity index (χ2v) is 3.28. The van der Waals surface area contributed by atoms with E-state index >= 15 is 0 Å². The Morgan fingerprint density at radius 2 is 1.88 bits per heavy atom. The van der Waals surface area contributed by atoms with Gasteiger partial charge in [0.05, 0.1) is 10.5 Å². The van der Waals surface area contributed by atoms with Gasteiger partial charge in [0.15, 0.2) is 0 Å². The van der Waals surface area contributed by atoms with Gasteiger partial charge in [-0.2, -0.15) is 0 Å². The van der Waals surface area contributed by atoms with E-state index in [0.717, 1.165) is 6.07 Å². The maximum atomic E-state index is 13.4. The zero-order valence-corrected chi connectivity index (χ0v) is 8.28. The van der Waals surface area contributed by atoms with Gasteiger partial charge in [-0.1, -0.05) is 0 Å². The zero-order valence-electron chi connectivity index (χ0n) is 8.28. The fourth-order valence-corrected chi connectivity index (χ4v) is 1.25. The van der Waals surface area contributed by atoms with Crippen molar-refractivity contribution in [3.05, 3.63) is 39.2 Å². The van der Waals surface area contributed by atoms with Crippen molar-refractivity contribution in [2.24, 2.45) is 5.73 Å². The van der Waals surface area contributed by atoms with Gasteiger partial charge < -0.3 is 5.73 Å². The molecule has 1 aromatic rings. The van der Waals surface area contributed by atoms with Crippen molar-refractivity contribution in [1.82, 2.24) is 0 Å². The van der Waals surface area contributed by atoms with Crippen LogP contribution in [0.3, 0.4) is 0 Å². The van der Waals surface area contributed by atoms with Crippen LogP contribution >= 0.6 is 0 Å². The number of nitrogens with two attached hydrogens (primary N) is 1. The van der Waals surface area contributed by atoms with E-state index in [-0.39, 0.29) is 5.56 Å². The molecule has 0 unspecified atom stereocenters. The van der Waals surface area contributed by atoms with Crippen LogP contribution in [-0.2, 0) is 0 Å². The first kappa shape index (κ1) is 12.4. The fraction of sp³-hybridized carbons (Fsp3) is 0.333. The number of hydrogen-bond donors (Lipinski definition) is 1. The molecule has 0 fully saturated rings. The van der Waals surface area contributed by atoms with E-state index in [2.05, 4.69) is 0 Å². The maximum absolute atomic E-state index is 13.4. The van der Waals surface area contributed by atoms with Crippen LogP contribution in [-0.4, -0.2) is 4.92 Å². The first-order valence-corrected chi connectivity index (χ1v) is 4.36. The van der Waals surface area contributed by atoms with E-state index in [4.69, 9.17) is 5.73 Å². The molecule has 0 heterocycles. The maximum Gasteiger partial charge on any atom is 0.270 e. The molecule has 0 bridgehead atoms. The SMILES string of the molecule is C[C@@H](N)c1cc([N+](=O)[O-])cc(C(F)F)c1F. The number of nitro benzene ring substituents is 1. The van der Waals surface area contributed by atoms with Crippen molar-refractivity contribution < 1.29 is 18.1 Å². The minimum Gasteiger partial charge on any atom is -0.324 e. The minimum atomic E-state index is -3.11. The lowest BCUT2D eigenvalue weighted by Gasteiger charge is -2.10. The molecule has 0 aliphatic heterocycles. The second kappa shape index (κ2) is 4.48. The molecule has 1 rings (SSSR count). The summed E-state index contributed by atoms with van der Waals surface area (Å²) < 4.78 is 38.3. The predicted molar refractivity (Wildman–Crippen MR) is 50.6 cm³/mol. The van der Waals surface area contributed by atoms with Gasteiger partial charge in [-0.25, -0.2) is 13.2 Å². The van der Waals surface area contributed by atoms with Gasteiger partial charge in [-0.05, 0) is 6.92 Å². The molecular weight excluding hydrogens is 225 g/mol. The summed E-state index contributed by atoms with van der Waals surface area (Å²) >= 11 is 0. The highest BCUT2D eigenvalue weighted by Crippen LogP contribution is 2.31. The van der Waals surface area contributed by atoms with Gasteiger partial charge in [0, 0.05) is 23.7 Å². The summed E-state index contributed by atoms with van der Waals surface area (Å²) in [5.74, 6) is -1.18. The number of alkyl halides is 2. The zero-order chi connectivity index (χ0) is 12.5. The highest BCUT2D eigenvalue weighted by atomic mass is 19.3. The number of hydrogen-bond acceptors (Lipinski definition) is 3. The normalized spacial score (nSPS) is 12.9. The van der Waals surface area contributed by atoms with Gasteiger partial charge >= 0.3 is 0 Å². The van der Waals surface area contributed by atoms with E-state index in [9.17, 15) is 23.3 Å². The molecule has 16 heavy (non-hydrogen) atoms. The average molecular weight is 234 g/mol. The Kier molecular flexibility index (Phi) is 3.48. The molecule has 4 nitrogen and oxygen atoms in total. The van der Waals surface area contributed by atoms with Crippen LogP contribution in [0.5, 0.6) is 0 Å². The van der Waals surface area contributed by atoms with Crippen LogP contribution in [0.25, 0.3) is 0 Å². The lowest BCUT2D eigenvalue weighted by Crippen LogP contribution is -2.10. The van der Waals surface area contributed by atoms with Crippen LogP contribution in [0.4, 0.5) is 18.9 Å². The number of halogens is 3. The van der Waals surface area contributed by atoms with E-state index in [1.807, 2.05) is 0 Å². The summed E-state index contributed by atoms with van der Waals surface area (Å²) in [6, 6.07) is 0.495. The quantitative estimate of drug-likeness (QED) is 0.645. The summed E-state index contributed by atoms with van der Waals surface area (Å²) in [7, 11) is 0. The standard InChI is InChI=1S/C9H9F3N2O2/c1-4(13)6-2-5(14(15)16)3-7(8(6)10)9(11)12/h2-4,9H,13H2,1H3/t4-/m1/s1. The summed E-state index contributed by atoms with van der Waals surface area (Å²) in [6.45, 7) is 1.36. The molecule has 0 saturated heterocycles. The predicted octanol–water partition coefficient (Wildman–Crippen LogP) is 2.69. The molecule has 0 saturated carbocycles. The summed E-state index contributed by atoms with van der Waals surface area (Å²) in [6.07, 6.45) is -3.11. The molecule has 88 valence electrons. The van der Waals surface area contributed by atoms with Crippen LogP contribution < -0.4 is 5.73 Å². The molecule has 7 heteroatoms. The Labute approximate surface area is 89.0 Å². The molecule has 0 aromatic heterocycles. The molecule has 0 aliphatic rings. The third-order valence-corrected chi connectivity index (χ3v) is 2.05. The van der Waals surface area contributed by atoms with Crippen molar-refractivity contribution >= 4 is 5.69 Å². The summed E-state index contributed by atoms with van der Waals surface area (Å²) in [5.41, 5.74) is 3.47. The number of rotatable bonds is 3. The lowest BCUT2D eigenvalue weighted by atomic mass is 10.0. The lowest BCUT2D eigenvalue weighted by molar-refractivity contribution is -0.385. The molecular formula is C9H9F3N2O2.